The van der Waals surface area contributed by atoms with Gasteiger partial charge in [-0.1, -0.05) is 30.3 Å². The predicted molar refractivity (Wildman–Crippen MR) is 69.0 cm³/mol. The van der Waals surface area contributed by atoms with E-state index in [0.717, 1.165) is 24.7 Å². The molecule has 0 bridgehead atoms. The maximum absolute atomic E-state index is 10.6. The van der Waals surface area contributed by atoms with Gasteiger partial charge in [0.2, 0.25) is 0 Å². The van der Waals surface area contributed by atoms with E-state index in [4.69, 9.17) is 4.74 Å². The van der Waals surface area contributed by atoms with Crippen LogP contribution < -0.4 is 0 Å². The molecule has 1 aromatic rings. The van der Waals surface area contributed by atoms with Crippen molar-refractivity contribution in [2.45, 2.75) is 32.0 Å². The second-order valence-corrected chi connectivity index (χ2v) is 4.97. The number of hydrogen-bond acceptors (Lipinski definition) is 3. The fourth-order valence-corrected chi connectivity index (χ4v) is 2.70. The lowest BCUT2D eigenvalue weighted by Gasteiger charge is -2.19. The van der Waals surface area contributed by atoms with Gasteiger partial charge in [0.15, 0.2) is 0 Å². The molecule has 0 amide bonds. The lowest BCUT2D eigenvalue weighted by atomic mass is 9.93. The largest absolute Gasteiger partial charge is 0.393 e. The van der Waals surface area contributed by atoms with Gasteiger partial charge in [-0.2, -0.15) is 0 Å². The second kappa shape index (κ2) is 6.66. The number of aliphatic hydroxyl groups is 1. The molecule has 1 saturated carbocycles. The van der Waals surface area contributed by atoms with Crippen molar-refractivity contribution in [1.29, 1.82) is 0 Å². The second-order valence-electron chi connectivity index (χ2n) is 4.97. The minimum absolute atomic E-state index is 0.0817. The molecular weight excluding hydrogens is 228 g/mol. The van der Waals surface area contributed by atoms with Crippen LogP contribution in [0.1, 0.15) is 24.8 Å². The van der Waals surface area contributed by atoms with Crippen molar-refractivity contribution in [2.75, 3.05) is 6.61 Å². The number of carbonyl (C=O) groups is 1. The normalized spacial score (nSPS) is 27.3. The third-order valence-electron chi connectivity index (χ3n) is 3.74. The fraction of sp³-hybridized carbons (Fsp3) is 0.533. The van der Waals surface area contributed by atoms with Gasteiger partial charge in [-0.15, -0.1) is 0 Å². The molecule has 1 aliphatic carbocycles. The molecule has 98 valence electrons. The lowest BCUT2D eigenvalue weighted by molar-refractivity contribution is -0.109. The Balaban J connectivity index is 1.77. The van der Waals surface area contributed by atoms with E-state index in [1.165, 1.54) is 0 Å². The Morgan fingerprint density at radius 2 is 2.06 bits per heavy atom. The topological polar surface area (TPSA) is 46.5 Å². The highest BCUT2D eigenvalue weighted by Crippen LogP contribution is 2.34. The summed E-state index contributed by atoms with van der Waals surface area (Å²) in [6.07, 6.45) is 2.76. The first-order chi connectivity index (χ1) is 8.81. The Morgan fingerprint density at radius 1 is 1.28 bits per heavy atom. The summed E-state index contributed by atoms with van der Waals surface area (Å²) in [6, 6.07) is 10.0. The quantitative estimate of drug-likeness (QED) is 0.785. The molecule has 0 unspecified atom stereocenters. The minimum atomic E-state index is -0.333. The minimum Gasteiger partial charge on any atom is -0.393 e. The molecule has 0 radical (unpaired) electrons. The molecule has 3 nitrogen and oxygen atoms in total. The molecule has 1 N–H and O–H groups in total. The van der Waals surface area contributed by atoms with Crippen LogP contribution in [0.4, 0.5) is 0 Å². The molecule has 0 aliphatic heterocycles. The summed E-state index contributed by atoms with van der Waals surface area (Å²) in [5.74, 6) is 0.396. The highest BCUT2D eigenvalue weighted by molar-refractivity contribution is 5.50. The van der Waals surface area contributed by atoms with Crippen LogP contribution in [-0.4, -0.2) is 24.1 Å². The Hall–Kier alpha value is -1.19. The summed E-state index contributed by atoms with van der Waals surface area (Å²) in [7, 11) is 0. The van der Waals surface area contributed by atoms with Gasteiger partial charge < -0.3 is 14.6 Å². The number of rotatable bonds is 6. The summed E-state index contributed by atoms with van der Waals surface area (Å²) in [4.78, 5) is 10.6. The molecule has 1 aromatic carbocycles. The van der Waals surface area contributed by atoms with Gasteiger partial charge in [0, 0.05) is 6.42 Å². The highest BCUT2D eigenvalue weighted by Gasteiger charge is 2.34. The van der Waals surface area contributed by atoms with Gasteiger partial charge in [-0.3, -0.25) is 0 Å². The zero-order chi connectivity index (χ0) is 12.8. The van der Waals surface area contributed by atoms with Crippen LogP contribution in [0.15, 0.2) is 30.3 Å². The molecule has 3 heteroatoms. The number of ether oxygens (including phenoxy) is 1. The molecule has 0 aromatic heterocycles. The Morgan fingerprint density at radius 3 is 2.78 bits per heavy atom. The molecule has 3 atom stereocenters. The highest BCUT2D eigenvalue weighted by atomic mass is 16.5. The van der Waals surface area contributed by atoms with E-state index in [-0.39, 0.29) is 12.0 Å². The van der Waals surface area contributed by atoms with E-state index in [9.17, 15) is 9.90 Å². The van der Waals surface area contributed by atoms with Gasteiger partial charge in [0.1, 0.15) is 6.29 Å². The molecular formula is C15H20O3. The van der Waals surface area contributed by atoms with Crippen molar-refractivity contribution in [1.82, 2.24) is 0 Å². The van der Waals surface area contributed by atoms with Crippen molar-refractivity contribution in [2.24, 2.45) is 11.8 Å². The van der Waals surface area contributed by atoms with Crippen molar-refractivity contribution in [3.8, 4) is 0 Å². The fourth-order valence-electron chi connectivity index (χ4n) is 2.70. The lowest BCUT2D eigenvalue weighted by Crippen LogP contribution is -2.22. The third kappa shape index (κ3) is 3.40. The summed E-state index contributed by atoms with van der Waals surface area (Å²) < 4.78 is 5.70. The zero-order valence-corrected chi connectivity index (χ0v) is 10.5. The van der Waals surface area contributed by atoms with Crippen LogP contribution in [0.25, 0.3) is 0 Å². The molecule has 0 saturated heterocycles. The summed E-state index contributed by atoms with van der Waals surface area (Å²) in [5.41, 5.74) is 1.16. The molecule has 0 heterocycles. The molecule has 1 aliphatic rings. The first-order valence-electron chi connectivity index (χ1n) is 6.54. The van der Waals surface area contributed by atoms with Crippen molar-refractivity contribution in [3.63, 3.8) is 0 Å². The van der Waals surface area contributed by atoms with Crippen LogP contribution in [0.2, 0.25) is 0 Å². The predicted octanol–water partition coefficient (Wildman–Crippen LogP) is 2.18. The van der Waals surface area contributed by atoms with Gasteiger partial charge in [-0.05, 0) is 30.2 Å². The molecule has 0 spiro atoms. The number of benzene rings is 1. The van der Waals surface area contributed by atoms with Gasteiger partial charge >= 0.3 is 0 Å². The maximum Gasteiger partial charge on any atom is 0.120 e. The molecule has 1 fully saturated rings. The van der Waals surface area contributed by atoms with Crippen LogP contribution in [0, 0.1) is 11.8 Å². The van der Waals surface area contributed by atoms with E-state index in [1.54, 1.807) is 0 Å². The average Bonchev–Trinajstić information content (AvgIpc) is 2.73. The third-order valence-corrected chi connectivity index (χ3v) is 3.74. The van der Waals surface area contributed by atoms with E-state index in [1.807, 2.05) is 30.3 Å². The first kappa shape index (κ1) is 13.2. The van der Waals surface area contributed by atoms with Crippen LogP contribution in [0.3, 0.4) is 0 Å². The maximum atomic E-state index is 10.6. The van der Waals surface area contributed by atoms with Crippen molar-refractivity contribution in [3.05, 3.63) is 35.9 Å². The smallest absolute Gasteiger partial charge is 0.120 e. The van der Waals surface area contributed by atoms with E-state index >= 15 is 0 Å². The van der Waals surface area contributed by atoms with E-state index < -0.39 is 0 Å². The Bertz CT molecular complexity index is 363. The standard InChI is InChI=1S/C15H20O3/c16-9-8-14-13(6-7-15(14)17)11-18-10-12-4-2-1-3-5-12/h1-5,9,13-15,17H,6-8,10-11H2/t13-,14-,15+/m1/s1. The van der Waals surface area contributed by atoms with Gasteiger partial charge in [0.25, 0.3) is 0 Å². The molecule has 2 rings (SSSR count). The summed E-state index contributed by atoms with van der Waals surface area (Å²) in [5, 5.41) is 9.79. The summed E-state index contributed by atoms with van der Waals surface area (Å²) >= 11 is 0. The van der Waals surface area contributed by atoms with Crippen molar-refractivity contribution >= 4 is 6.29 Å². The zero-order valence-electron chi connectivity index (χ0n) is 10.5. The van der Waals surface area contributed by atoms with E-state index in [0.29, 0.717) is 25.6 Å². The van der Waals surface area contributed by atoms with Crippen LogP contribution in [0.5, 0.6) is 0 Å². The van der Waals surface area contributed by atoms with Gasteiger partial charge in [-0.25, -0.2) is 0 Å². The van der Waals surface area contributed by atoms with Crippen LogP contribution in [-0.2, 0) is 16.1 Å². The average molecular weight is 248 g/mol. The Kier molecular flexibility index (Phi) is 4.90. The van der Waals surface area contributed by atoms with Crippen molar-refractivity contribution < 1.29 is 14.6 Å². The first-order valence-corrected chi connectivity index (χ1v) is 6.54. The summed E-state index contributed by atoms with van der Waals surface area (Å²) in [6.45, 7) is 1.23. The number of carbonyl (C=O) groups excluding carboxylic acids is 1. The SMILES string of the molecule is O=CC[C@@H]1[C@@H](COCc2ccccc2)CC[C@@H]1O. The number of hydrogen-bond donors (Lipinski definition) is 1. The van der Waals surface area contributed by atoms with E-state index in [2.05, 4.69) is 0 Å². The number of aldehydes is 1. The van der Waals surface area contributed by atoms with Gasteiger partial charge in [0.05, 0.1) is 19.3 Å². The molecule has 18 heavy (non-hydrogen) atoms. The monoisotopic (exact) mass is 248 g/mol. The van der Waals surface area contributed by atoms with Crippen LogP contribution >= 0.6 is 0 Å². The Labute approximate surface area is 108 Å². The number of aliphatic hydroxyl groups excluding tert-OH is 1.